The van der Waals surface area contributed by atoms with Crippen molar-refractivity contribution in [1.29, 1.82) is 0 Å². The van der Waals surface area contributed by atoms with Crippen molar-refractivity contribution < 1.29 is 13.3 Å². The van der Waals surface area contributed by atoms with Gasteiger partial charge in [-0.15, -0.1) is 0 Å². The van der Waals surface area contributed by atoms with Crippen LogP contribution in [-0.2, 0) is 16.4 Å². The maximum atomic E-state index is 12.3. The molecule has 1 aliphatic rings. The largest absolute Gasteiger partial charge is 0.367 e. The van der Waals surface area contributed by atoms with Gasteiger partial charge in [-0.05, 0) is 25.5 Å². The van der Waals surface area contributed by atoms with Crippen LogP contribution in [0.4, 0.5) is 11.4 Å². The van der Waals surface area contributed by atoms with E-state index in [-0.39, 0.29) is 16.1 Å². The Bertz CT molecular complexity index is 974. The number of nitro groups is 1. The minimum Gasteiger partial charge on any atom is -0.367 e. The lowest BCUT2D eigenvalue weighted by atomic mass is 9.97. The molecule has 0 amide bonds. The van der Waals surface area contributed by atoms with Gasteiger partial charge in [-0.1, -0.05) is 30.3 Å². The molecule has 0 bridgehead atoms. The van der Waals surface area contributed by atoms with Gasteiger partial charge in [0.25, 0.3) is 5.69 Å². The highest BCUT2D eigenvalue weighted by Gasteiger charge is 2.35. The number of anilines is 1. The van der Waals surface area contributed by atoms with Crippen molar-refractivity contribution in [3.63, 3.8) is 0 Å². The summed E-state index contributed by atoms with van der Waals surface area (Å²) in [7, 11) is -3.60. The Morgan fingerprint density at radius 2 is 1.79 bits per heavy atom. The fourth-order valence-electron chi connectivity index (χ4n) is 3.67. The highest BCUT2D eigenvalue weighted by molar-refractivity contribution is 7.90. The van der Waals surface area contributed by atoms with Crippen LogP contribution in [0.3, 0.4) is 0 Å². The van der Waals surface area contributed by atoms with Crippen LogP contribution in [0.5, 0.6) is 0 Å². The molecule has 1 heterocycles. The zero-order valence-corrected chi connectivity index (χ0v) is 17.1. The lowest BCUT2D eigenvalue weighted by molar-refractivity contribution is -0.385. The molecule has 0 aromatic heterocycles. The summed E-state index contributed by atoms with van der Waals surface area (Å²) in [6.07, 6.45) is 1.09. The molecule has 0 unspecified atom stereocenters. The first-order valence-corrected chi connectivity index (χ1v) is 11.0. The third kappa shape index (κ3) is 4.34. The summed E-state index contributed by atoms with van der Waals surface area (Å²) in [6, 6.07) is 14.3. The van der Waals surface area contributed by atoms with Crippen molar-refractivity contribution in [2.75, 3.05) is 30.8 Å². The second kappa shape index (κ2) is 7.52. The molecule has 0 N–H and O–H groups in total. The molecule has 2 aromatic carbocycles. The monoisotopic (exact) mass is 403 g/mol. The van der Waals surface area contributed by atoms with Crippen molar-refractivity contribution in [2.24, 2.45) is 0 Å². The molecule has 0 aliphatic carbocycles. The van der Waals surface area contributed by atoms with Crippen LogP contribution in [0.15, 0.2) is 53.4 Å². The Kier molecular flexibility index (Phi) is 5.45. The summed E-state index contributed by atoms with van der Waals surface area (Å²) >= 11 is 0. The molecule has 0 saturated carbocycles. The Morgan fingerprint density at radius 1 is 1.11 bits per heavy atom. The van der Waals surface area contributed by atoms with Crippen molar-refractivity contribution in [1.82, 2.24) is 4.90 Å². The summed E-state index contributed by atoms with van der Waals surface area (Å²) in [5, 5.41) is 11.1. The first-order chi connectivity index (χ1) is 13.1. The number of sulfone groups is 1. The minimum atomic E-state index is -3.60. The molecule has 1 saturated heterocycles. The zero-order valence-electron chi connectivity index (χ0n) is 16.3. The van der Waals surface area contributed by atoms with E-state index in [1.54, 1.807) is 6.07 Å². The van der Waals surface area contributed by atoms with Gasteiger partial charge < -0.3 is 4.90 Å². The SMILES string of the molecule is CC1(C)CN(c2ccc([N+](=O)[O-])cc2S(C)(=O)=O)CCN1Cc1ccccc1. The van der Waals surface area contributed by atoms with Crippen LogP contribution in [-0.4, -0.2) is 49.7 Å². The van der Waals surface area contributed by atoms with Crippen LogP contribution in [0.1, 0.15) is 19.4 Å². The molecule has 28 heavy (non-hydrogen) atoms. The van der Waals surface area contributed by atoms with Crippen LogP contribution < -0.4 is 4.90 Å². The molecular weight excluding hydrogens is 378 g/mol. The summed E-state index contributed by atoms with van der Waals surface area (Å²) in [5.74, 6) is 0. The number of nitrogens with zero attached hydrogens (tertiary/aromatic N) is 3. The number of benzene rings is 2. The number of nitro benzene ring substituents is 1. The molecule has 0 spiro atoms. The van der Waals surface area contributed by atoms with Crippen molar-refractivity contribution in [2.45, 2.75) is 30.8 Å². The van der Waals surface area contributed by atoms with E-state index >= 15 is 0 Å². The van der Waals surface area contributed by atoms with E-state index in [1.807, 2.05) is 23.1 Å². The Balaban J connectivity index is 1.88. The Labute approximate surface area is 165 Å². The zero-order chi connectivity index (χ0) is 20.5. The molecule has 0 atom stereocenters. The topological polar surface area (TPSA) is 83.8 Å². The third-order valence-electron chi connectivity index (χ3n) is 5.18. The molecule has 1 fully saturated rings. The van der Waals surface area contributed by atoms with E-state index in [1.165, 1.54) is 11.6 Å². The molecule has 2 aromatic rings. The lowest BCUT2D eigenvalue weighted by Crippen LogP contribution is -2.59. The van der Waals surface area contributed by atoms with Crippen molar-refractivity contribution in [3.8, 4) is 0 Å². The van der Waals surface area contributed by atoms with E-state index in [4.69, 9.17) is 0 Å². The fraction of sp³-hybridized carbons (Fsp3) is 0.400. The first-order valence-electron chi connectivity index (χ1n) is 9.10. The molecule has 0 radical (unpaired) electrons. The minimum absolute atomic E-state index is 0.00834. The van der Waals surface area contributed by atoms with E-state index in [2.05, 4.69) is 30.9 Å². The van der Waals surface area contributed by atoms with Gasteiger partial charge in [0.1, 0.15) is 0 Å². The van der Waals surface area contributed by atoms with Gasteiger partial charge in [-0.3, -0.25) is 15.0 Å². The molecular formula is C20H25N3O4S. The maximum Gasteiger partial charge on any atom is 0.270 e. The van der Waals surface area contributed by atoms with E-state index in [9.17, 15) is 18.5 Å². The number of piperazine rings is 1. The summed E-state index contributed by atoms with van der Waals surface area (Å²) in [4.78, 5) is 14.9. The van der Waals surface area contributed by atoms with E-state index < -0.39 is 14.8 Å². The Hall–Kier alpha value is -2.45. The third-order valence-corrected chi connectivity index (χ3v) is 6.31. The van der Waals surface area contributed by atoms with Gasteiger partial charge >= 0.3 is 0 Å². The smallest absolute Gasteiger partial charge is 0.270 e. The second-order valence-corrected chi connectivity index (χ2v) is 9.81. The quantitative estimate of drug-likeness (QED) is 0.563. The van der Waals surface area contributed by atoms with E-state index in [0.717, 1.165) is 25.4 Å². The van der Waals surface area contributed by atoms with Crippen molar-refractivity contribution >= 4 is 21.2 Å². The highest BCUT2D eigenvalue weighted by atomic mass is 32.2. The average Bonchev–Trinajstić information content (AvgIpc) is 2.62. The fourth-order valence-corrected chi connectivity index (χ4v) is 4.58. The molecule has 1 aliphatic heterocycles. The van der Waals surface area contributed by atoms with Crippen LogP contribution in [0, 0.1) is 10.1 Å². The van der Waals surface area contributed by atoms with Gasteiger partial charge in [-0.25, -0.2) is 8.42 Å². The predicted molar refractivity (Wildman–Crippen MR) is 109 cm³/mol. The number of hydrogen-bond donors (Lipinski definition) is 0. The molecule has 150 valence electrons. The first kappa shape index (κ1) is 20.3. The van der Waals surface area contributed by atoms with Gasteiger partial charge in [-0.2, -0.15) is 0 Å². The molecule has 7 nitrogen and oxygen atoms in total. The molecule has 3 rings (SSSR count). The standard InChI is InChI=1S/C20H25N3O4S/c1-20(2)15-21(11-12-22(20)14-16-7-5-4-6-8-16)18-10-9-17(23(24)25)13-19(18)28(3,26)27/h4-10,13H,11-12,14-15H2,1-3H3. The predicted octanol–water partition coefficient (Wildman–Crippen LogP) is 3.10. The molecule has 8 heteroatoms. The van der Waals surface area contributed by atoms with Crippen LogP contribution in [0.25, 0.3) is 0 Å². The number of hydrogen-bond acceptors (Lipinski definition) is 6. The van der Waals surface area contributed by atoms with Gasteiger partial charge in [0, 0.05) is 50.1 Å². The summed E-state index contributed by atoms with van der Waals surface area (Å²) in [6.45, 7) is 7.13. The lowest BCUT2D eigenvalue weighted by Gasteiger charge is -2.48. The highest BCUT2D eigenvalue weighted by Crippen LogP contribution is 2.33. The normalized spacial score (nSPS) is 17.5. The van der Waals surface area contributed by atoms with Crippen LogP contribution >= 0.6 is 0 Å². The maximum absolute atomic E-state index is 12.3. The van der Waals surface area contributed by atoms with E-state index in [0.29, 0.717) is 18.8 Å². The van der Waals surface area contributed by atoms with Crippen molar-refractivity contribution in [3.05, 3.63) is 64.2 Å². The second-order valence-electron chi connectivity index (χ2n) is 7.82. The van der Waals surface area contributed by atoms with Gasteiger partial charge in [0.05, 0.1) is 15.5 Å². The summed E-state index contributed by atoms with van der Waals surface area (Å²) in [5.41, 5.74) is 1.35. The summed E-state index contributed by atoms with van der Waals surface area (Å²) < 4.78 is 24.6. The Morgan fingerprint density at radius 3 is 2.36 bits per heavy atom. The number of non-ortho nitro benzene ring substituents is 1. The van der Waals surface area contributed by atoms with Gasteiger partial charge in [0.2, 0.25) is 0 Å². The van der Waals surface area contributed by atoms with Gasteiger partial charge in [0.15, 0.2) is 9.84 Å². The number of rotatable bonds is 5. The average molecular weight is 404 g/mol. The van der Waals surface area contributed by atoms with Crippen LogP contribution in [0.2, 0.25) is 0 Å².